The van der Waals surface area contributed by atoms with Crippen molar-refractivity contribution in [2.24, 2.45) is 0 Å². The highest BCUT2D eigenvalue weighted by Crippen LogP contribution is 2.20. The smallest absolute Gasteiger partial charge is 0.240 e. The van der Waals surface area contributed by atoms with Gasteiger partial charge in [-0.2, -0.15) is 0 Å². The van der Waals surface area contributed by atoms with E-state index in [0.29, 0.717) is 11.4 Å². The maximum atomic E-state index is 12.4. The van der Waals surface area contributed by atoms with Crippen LogP contribution in [0.4, 0.5) is 0 Å². The topological polar surface area (TPSA) is 61.4 Å². The Morgan fingerprint density at radius 2 is 1.90 bits per heavy atom. The zero-order chi connectivity index (χ0) is 15.0. The lowest BCUT2D eigenvalue weighted by Gasteiger charge is -2.32. The van der Waals surface area contributed by atoms with Crippen molar-refractivity contribution >= 4 is 10.0 Å². The van der Waals surface area contributed by atoms with Crippen molar-refractivity contribution in [3.63, 3.8) is 0 Å². The average Bonchev–Trinajstić information content (AvgIpc) is 2.83. The van der Waals surface area contributed by atoms with E-state index in [1.165, 1.54) is 5.56 Å². The van der Waals surface area contributed by atoms with Crippen LogP contribution in [-0.4, -0.2) is 39.5 Å². The first-order chi connectivity index (χ1) is 9.22. The number of hydrogen-bond donors (Lipinski definition) is 2. The van der Waals surface area contributed by atoms with E-state index in [2.05, 4.69) is 10.0 Å². The molecule has 2 rings (SSSR count). The number of likely N-dealkylation sites (N-methyl/N-ethyl adjacent to an activating group) is 1. The standard InChI is InChI=1S/C14H23N3O2S/c1-14(2,17(3)4)10-16-20(18,19)13-6-5-11-8-15-9-12(11)7-13/h5-7,15-16H,8-10H2,1-4H3. The van der Waals surface area contributed by atoms with E-state index >= 15 is 0 Å². The Labute approximate surface area is 121 Å². The van der Waals surface area contributed by atoms with Crippen LogP contribution in [0, 0.1) is 0 Å². The molecule has 0 fully saturated rings. The molecule has 0 saturated heterocycles. The molecule has 112 valence electrons. The average molecular weight is 297 g/mol. The van der Waals surface area contributed by atoms with Crippen LogP contribution in [0.25, 0.3) is 0 Å². The molecule has 2 N–H and O–H groups in total. The maximum absolute atomic E-state index is 12.4. The zero-order valence-corrected chi connectivity index (χ0v) is 13.3. The molecule has 0 atom stereocenters. The van der Waals surface area contributed by atoms with E-state index in [0.717, 1.165) is 18.7 Å². The molecule has 6 heteroatoms. The third-order valence-electron chi connectivity index (χ3n) is 4.02. The predicted octanol–water partition coefficient (Wildman–Crippen LogP) is 0.908. The fourth-order valence-corrected chi connectivity index (χ4v) is 3.21. The Balaban J connectivity index is 2.15. The number of nitrogens with one attached hydrogen (secondary N) is 2. The number of sulfonamides is 1. The summed E-state index contributed by atoms with van der Waals surface area (Å²) < 4.78 is 27.4. The fraction of sp³-hybridized carbons (Fsp3) is 0.571. The van der Waals surface area contributed by atoms with E-state index in [-0.39, 0.29) is 5.54 Å². The molecule has 0 aliphatic carbocycles. The first-order valence-corrected chi connectivity index (χ1v) is 8.20. The van der Waals surface area contributed by atoms with Gasteiger partial charge >= 0.3 is 0 Å². The zero-order valence-electron chi connectivity index (χ0n) is 12.5. The van der Waals surface area contributed by atoms with Crippen LogP contribution < -0.4 is 10.0 Å². The highest BCUT2D eigenvalue weighted by molar-refractivity contribution is 7.89. The minimum absolute atomic E-state index is 0.231. The van der Waals surface area contributed by atoms with Crippen molar-refractivity contribution in [2.75, 3.05) is 20.6 Å². The lowest BCUT2D eigenvalue weighted by atomic mass is 10.1. The van der Waals surface area contributed by atoms with Gasteiger partial charge in [-0.25, -0.2) is 13.1 Å². The third-order valence-corrected chi connectivity index (χ3v) is 5.42. The number of benzene rings is 1. The lowest BCUT2D eigenvalue weighted by Crippen LogP contribution is -2.48. The van der Waals surface area contributed by atoms with Crippen LogP contribution >= 0.6 is 0 Å². The van der Waals surface area contributed by atoms with Gasteiger partial charge in [0.05, 0.1) is 4.90 Å². The largest absolute Gasteiger partial charge is 0.309 e. The first kappa shape index (κ1) is 15.4. The maximum Gasteiger partial charge on any atom is 0.240 e. The SMILES string of the molecule is CN(C)C(C)(C)CNS(=O)(=O)c1ccc2c(c1)CNC2. The van der Waals surface area contributed by atoms with E-state index in [1.807, 2.05) is 38.9 Å². The summed E-state index contributed by atoms with van der Waals surface area (Å²) in [7, 11) is 0.427. The predicted molar refractivity (Wildman–Crippen MR) is 79.9 cm³/mol. The van der Waals surface area contributed by atoms with E-state index in [4.69, 9.17) is 0 Å². The number of rotatable bonds is 5. The Hall–Kier alpha value is -0.950. The highest BCUT2D eigenvalue weighted by Gasteiger charge is 2.24. The van der Waals surface area contributed by atoms with Crippen LogP contribution in [0.5, 0.6) is 0 Å². The van der Waals surface area contributed by atoms with Crippen LogP contribution in [0.1, 0.15) is 25.0 Å². The summed E-state index contributed by atoms with van der Waals surface area (Å²) in [5.74, 6) is 0. The van der Waals surface area contributed by atoms with E-state index in [9.17, 15) is 8.42 Å². The molecule has 0 unspecified atom stereocenters. The molecule has 1 aromatic carbocycles. The number of hydrogen-bond acceptors (Lipinski definition) is 4. The Morgan fingerprint density at radius 3 is 2.55 bits per heavy atom. The molecule has 1 aliphatic rings. The summed E-state index contributed by atoms with van der Waals surface area (Å²) in [6.45, 7) is 5.93. The van der Waals surface area contributed by atoms with Gasteiger partial charge in [0.2, 0.25) is 10.0 Å². The summed E-state index contributed by atoms with van der Waals surface area (Å²) in [5.41, 5.74) is 2.02. The Morgan fingerprint density at radius 1 is 1.25 bits per heavy atom. The Bertz CT molecular complexity index is 594. The molecular formula is C14H23N3O2S. The molecule has 0 aromatic heterocycles. The van der Waals surface area contributed by atoms with Crippen LogP contribution in [0.15, 0.2) is 23.1 Å². The summed E-state index contributed by atoms with van der Waals surface area (Å²) in [4.78, 5) is 2.34. The first-order valence-electron chi connectivity index (χ1n) is 6.72. The van der Waals surface area contributed by atoms with E-state index in [1.54, 1.807) is 12.1 Å². The van der Waals surface area contributed by atoms with Crippen molar-refractivity contribution in [1.29, 1.82) is 0 Å². The number of nitrogens with zero attached hydrogens (tertiary/aromatic N) is 1. The third kappa shape index (κ3) is 3.20. The van der Waals surface area contributed by atoms with Crippen molar-refractivity contribution in [2.45, 2.75) is 37.4 Å². The van der Waals surface area contributed by atoms with Crippen molar-refractivity contribution in [3.8, 4) is 0 Å². The number of fused-ring (bicyclic) bond motifs is 1. The van der Waals surface area contributed by atoms with Gasteiger partial charge in [-0.15, -0.1) is 0 Å². The highest BCUT2D eigenvalue weighted by atomic mass is 32.2. The summed E-state index contributed by atoms with van der Waals surface area (Å²) in [6, 6.07) is 5.33. The molecule has 0 bridgehead atoms. The Kier molecular flexibility index (Phi) is 4.20. The lowest BCUT2D eigenvalue weighted by molar-refractivity contribution is 0.199. The van der Waals surface area contributed by atoms with Crippen LogP contribution in [0.2, 0.25) is 0 Å². The molecule has 1 aliphatic heterocycles. The summed E-state index contributed by atoms with van der Waals surface area (Å²) in [6.07, 6.45) is 0. The molecule has 20 heavy (non-hydrogen) atoms. The van der Waals surface area contributed by atoms with Crippen molar-refractivity contribution in [3.05, 3.63) is 29.3 Å². The minimum Gasteiger partial charge on any atom is -0.309 e. The molecular weight excluding hydrogens is 274 g/mol. The summed E-state index contributed by atoms with van der Waals surface area (Å²) in [5, 5.41) is 3.22. The molecule has 0 saturated carbocycles. The van der Waals surface area contributed by atoms with Crippen LogP contribution in [-0.2, 0) is 23.1 Å². The molecule has 1 heterocycles. The minimum atomic E-state index is -3.45. The molecule has 0 radical (unpaired) electrons. The van der Waals surface area contributed by atoms with Gasteiger partial charge in [0.25, 0.3) is 0 Å². The van der Waals surface area contributed by atoms with Gasteiger partial charge in [0.15, 0.2) is 0 Å². The van der Waals surface area contributed by atoms with Gasteiger partial charge < -0.3 is 10.2 Å². The van der Waals surface area contributed by atoms with Gasteiger partial charge in [-0.3, -0.25) is 0 Å². The second-order valence-electron chi connectivity index (χ2n) is 6.07. The van der Waals surface area contributed by atoms with Gasteiger partial charge in [0.1, 0.15) is 0 Å². The second-order valence-corrected chi connectivity index (χ2v) is 7.83. The van der Waals surface area contributed by atoms with Gasteiger partial charge in [0, 0.05) is 25.2 Å². The van der Waals surface area contributed by atoms with Crippen molar-refractivity contribution in [1.82, 2.24) is 14.9 Å². The second kappa shape index (κ2) is 5.44. The van der Waals surface area contributed by atoms with E-state index < -0.39 is 10.0 Å². The van der Waals surface area contributed by atoms with Gasteiger partial charge in [-0.1, -0.05) is 6.07 Å². The monoisotopic (exact) mass is 297 g/mol. The normalized spacial score (nSPS) is 15.7. The quantitative estimate of drug-likeness (QED) is 0.848. The molecule has 5 nitrogen and oxygen atoms in total. The molecule has 0 amide bonds. The molecule has 0 spiro atoms. The molecule has 1 aromatic rings. The van der Waals surface area contributed by atoms with Gasteiger partial charge in [-0.05, 0) is 51.2 Å². The summed E-state index contributed by atoms with van der Waals surface area (Å²) >= 11 is 0. The van der Waals surface area contributed by atoms with Crippen molar-refractivity contribution < 1.29 is 8.42 Å². The fourth-order valence-electron chi connectivity index (χ4n) is 1.95. The van der Waals surface area contributed by atoms with Crippen LogP contribution in [0.3, 0.4) is 0 Å².